The van der Waals surface area contributed by atoms with Crippen LogP contribution >= 0.6 is 11.6 Å². The van der Waals surface area contributed by atoms with E-state index in [9.17, 15) is 4.79 Å². The zero-order valence-electron chi connectivity index (χ0n) is 7.75. The zero-order chi connectivity index (χ0) is 10.1. The molecule has 1 aliphatic heterocycles. The molecule has 1 unspecified atom stereocenters. The van der Waals surface area contributed by atoms with Gasteiger partial charge in [0.15, 0.2) is 0 Å². The lowest BCUT2D eigenvalue weighted by Crippen LogP contribution is -2.25. The number of benzene rings is 1. The number of hydrogen-bond donors (Lipinski definition) is 1. The quantitative estimate of drug-likeness (QED) is 0.718. The zero-order valence-corrected chi connectivity index (χ0v) is 8.51. The fourth-order valence-electron chi connectivity index (χ4n) is 1.54. The predicted molar refractivity (Wildman–Crippen MR) is 58.6 cm³/mol. The second-order valence-corrected chi connectivity index (χ2v) is 3.81. The summed E-state index contributed by atoms with van der Waals surface area (Å²) in [7, 11) is 0. The van der Waals surface area contributed by atoms with Gasteiger partial charge in [0.2, 0.25) is 0 Å². The Morgan fingerprint density at radius 3 is 3.00 bits per heavy atom. The van der Waals surface area contributed by atoms with Crippen molar-refractivity contribution in [2.75, 3.05) is 5.32 Å². The molecule has 0 saturated carbocycles. The molecule has 2 rings (SSSR count). The Morgan fingerprint density at radius 1 is 1.50 bits per heavy atom. The summed E-state index contributed by atoms with van der Waals surface area (Å²) >= 11 is 5.87. The molecule has 0 aliphatic carbocycles. The SMILES string of the molecule is CC1=Cc2cc(Cl)ccc2NC1C=O. The highest BCUT2D eigenvalue weighted by atomic mass is 35.5. The molecular weight excluding hydrogens is 198 g/mol. The lowest BCUT2D eigenvalue weighted by molar-refractivity contribution is -0.107. The van der Waals surface area contributed by atoms with Crippen molar-refractivity contribution in [3.8, 4) is 0 Å². The maximum absolute atomic E-state index is 10.7. The van der Waals surface area contributed by atoms with Crippen LogP contribution in [0, 0.1) is 0 Å². The van der Waals surface area contributed by atoms with Gasteiger partial charge >= 0.3 is 0 Å². The molecule has 0 bridgehead atoms. The number of fused-ring (bicyclic) bond motifs is 1. The minimum atomic E-state index is -0.205. The van der Waals surface area contributed by atoms with Crippen LogP contribution < -0.4 is 5.32 Å². The van der Waals surface area contributed by atoms with E-state index in [4.69, 9.17) is 11.6 Å². The van der Waals surface area contributed by atoms with Crippen LogP contribution in [0.3, 0.4) is 0 Å². The Labute approximate surface area is 87.6 Å². The Morgan fingerprint density at radius 2 is 2.29 bits per heavy atom. The molecule has 0 aromatic heterocycles. The van der Waals surface area contributed by atoms with E-state index in [-0.39, 0.29) is 6.04 Å². The highest BCUT2D eigenvalue weighted by Crippen LogP contribution is 2.28. The summed E-state index contributed by atoms with van der Waals surface area (Å²) in [6, 6.07) is 5.37. The van der Waals surface area contributed by atoms with E-state index in [0.29, 0.717) is 5.02 Å². The number of hydrogen-bond acceptors (Lipinski definition) is 2. The lowest BCUT2D eigenvalue weighted by atomic mass is 10.00. The van der Waals surface area contributed by atoms with Gasteiger partial charge in [0.1, 0.15) is 12.3 Å². The van der Waals surface area contributed by atoms with E-state index < -0.39 is 0 Å². The van der Waals surface area contributed by atoms with Gasteiger partial charge < -0.3 is 10.1 Å². The largest absolute Gasteiger partial charge is 0.372 e. The molecule has 0 amide bonds. The topological polar surface area (TPSA) is 29.1 Å². The standard InChI is InChI=1S/C11H10ClNO/c1-7-4-8-5-9(12)2-3-10(8)13-11(7)6-14/h2-6,11,13H,1H3. The number of rotatable bonds is 1. The van der Waals surface area contributed by atoms with Gasteiger partial charge in [-0.15, -0.1) is 0 Å². The normalized spacial score (nSPS) is 19.3. The lowest BCUT2D eigenvalue weighted by Gasteiger charge is -2.22. The van der Waals surface area contributed by atoms with Crippen LogP contribution in [0.2, 0.25) is 5.02 Å². The molecule has 0 fully saturated rings. The van der Waals surface area contributed by atoms with Crippen molar-refractivity contribution in [3.05, 3.63) is 34.4 Å². The summed E-state index contributed by atoms with van der Waals surface area (Å²) in [6.45, 7) is 1.93. The number of carbonyl (C=O) groups is 1. The summed E-state index contributed by atoms with van der Waals surface area (Å²) < 4.78 is 0. The van der Waals surface area contributed by atoms with Gasteiger partial charge in [0, 0.05) is 10.7 Å². The smallest absolute Gasteiger partial charge is 0.146 e. The van der Waals surface area contributed by atoms with Crippen LogP contribution in [0.25, 0.3) is 6.08 Å². The fraction of sp³-hybridized carbons (Fsp3) is 0.182. The van der Waals surface area contributed by atoms with Crippen LogP contribution in [0.4, 0.5) is 5.69 Å². The Hall–Kier alpha value is -1.28. The minimum absolute atomic E-state index is 0.205. The van der Waals surface area contributed by atoms with Crippen LogP contribution in [-0.2, 0) is 4.79 Å². The number of aldehydes is 1. The van der Waals surface area contributed by atoms with E-state index >= 15 is 0 Å². The first kappa shape index (κ1) is 9.28. The van der Waals surface area contributed by atoms with Crippen LogP contribution in [0.15, 0.2) is 23.8 Å². The monoisotopic (exact) mass is 207 g/mol. The molecule has 3 heteroatoms. The number of nitrogens with one attached hydrogen (secondary N) is 1. The molecule has 2 nitrogen and oxygen atoms in total. The van der Waals surface area contributed by atoms with Gasteiger partial charge in [0.25, 0.3) is 0 Å². The van der Waals surface area contributed by atoms with Gasteiger partial charge in [-0.2, -0.15) is 0 Å². The Balaban J connectivity index is 2.48. The number of carbonyl (C=O) groups excluding carboxylic acids is 1. The highest BCUT2D eigenvalue weighted by Gasteiger charge is 2.16. The first-order valence-corrected chi connectivity index (χ1v) is 4.78. The van der Waals surface area contributed by atoms with Crippen molar-refractivity contribution in [2.24, 2.45) is 0 Å². The summed E-state index contributed by atoms with van der Waals surface area (Å²) in [4.78, 5) is 10.7. The van der Waals surface area contributed by atoms with Crippen molar-refractivity contribution < 1.29 is 4.79 Å². The molecule has 1 aromatic carbocycles. The van der Waals surface area contributed by atoms with Crippen molar-refractivity contribution in [2.45, 2.75) is 13.0 Å². The average Bonchev–Trinajstić information content (AvgIpc) is 2.16. The van der Waals surface area contributed by atoms with Crippen LogP contribution in [0.5, 0.6) is 0 Å². The highest BCUT2D eigenvalue weighted by molar-refractivity contribution is 6.30. The average molecular weight is 208 g/mol. The molecule has 72 valence electrons. The third kappa shape index (κ3) is 1.53. The molecule has 1 heterocycles. The molecule has 14 heavy (non-hydrogen) atoms. The predicted octanol–water partition coefficient (Wildman–Crippen LogP) is 2.74. The van der Waals surface area contributed by atoms with Crippen molar-refractivity contribution in [3.63, 3.8) is 0 Å². The fourth-order valence-corrected chi connectivity index (χ4v) is 1.72. The molecular formula is C11H10ClNO. The molecule has 1 N–H and O–H groups in total. The Kier molecular flexibility index (Phi) is 2.30. The number of halogens is 1. The maximum Gasteiger partial charge on any atom is 0.146 e. The van der Waals surface area contributed by atoms with Crippen LogP contribution in [-0.4, -0.2) is 12.3 Å². The number of anilines is 1. The van der Waals surface area contributed by atoms with E-state index in [1.165, 1.54) is 0 Å². The molecule has 1 aromatic rings. The maximum atomic E-state index is 10.7. The molecule has 0 spiro atoms. The second-order valence-electron chi connectivity index (χ2n) is 3.38. The molecule has 0 saturated heterocycles. The molecule has 1 aliphatic rings. The first-order valence-electron chi connectivity index (χ1n) is 4.40. The van der Waals surface area contributed by atoms with Crippen molar-refractivity contribution >= 4 is 29.7 Å². The molecule has 0 radical (unpaired) electrons. The minimum Gasteiger partial charge on any atom is -0.372 e. The summed E-state index contributed by atoms with van der Waals surface area (Å²) in [5, 5.41) is 3.84. The summed E-state index contributed by atoms with van der Waals surface area (Å²) in [6.07, 6.45) is 2.89. The third-order valence-corrected chi connectivity index (χ3v) is 2.57. The van der Waals surface area contributed by atoms with Gasteiger partial charge in [-0.1, -0.05) is 17.7 Å². The first-order chi connectivity index (χ1) is 6.70. The van der Waals surface area contributed by atoms with Crippen molar-refractivity contribution in [1.29, 1.82) is 0 Å². The van der Waals surface area contributed by atoms with Gasteiger partial charge in [0.05, 0.1) is 0 Å². The van der Waals surface area contributed by atoms with E-state index in [0.717, 1.165) is 23.1 Å². The van der Waals surface area contributed by atoms with E-state index in [1.807, 2.05) is 31.2 Å². The molecule has 1 atom stereocenters. The van der Waals surface area contributed by atoms with Gasteiger partial charge in [-0.3, -0.25) is 0 Å². The van der Waals surface area contributed by atoms with E-state index in [1.54, 1.807) is 0 Å². The van der Waals surface area contributed by atoms with E-state index in [2.05, 4.69) is 5.32 Å². The van der Waals surface area contributed by atoms with Gasteiger partial charge in [-0.05, 0) is 36.3 Å². The summed E-state index contributed by atoms with van der Waals surface area (Å²) in [5.74, 6) is 0. The van der Waals surface area contributed by atoms with Crippen molar-refractivity contribution in [1.82, 2.24) is 0 Å². The Bertz CT molecular complexity index is 412. The summed E-state index contributed by atoms with van der Waals surface area (Å²) in [5.41, 5.74) is 3.00. The third-order valence-electron chi connectivity index (χ3n) is 2.33. The van der Waals surface area contributed by atoms with Crippen LogP contribution in [0.1, 0.15) is 12.5 Å². The second kappa shape index (κ2) is 3.46. The van der Waals surface area contributed by atoms with Gasteiger partial charge in [-0.25, -0.2) is 0 Å².